The third-order valence-corrected chi connectivity index (χ3v) is 21.7. The molecular formula is C103H113BrI2N4O20. The van der Waals surface area contributed by atoms with Crippen LogP contribution in [0.15, 0.2) is 247 Å². The summed E-state index contributed by atoms with van der Waals surface area (Å²) in [5, 5.41) is 6.30. The predicted octanol–water partition coefficient (Wildman–Crippen LogP) is 23.7. The maximum atomic E-state index is 13.2. The SMILES string of the molecule is COC(=O)c1cc(C(C)(C)C)ccc1Nc1ccc(C(C)(C)C)cc1C(=O)OC.COC(=O)c1ccccc1I.COC(=O)c1ccccc1I.COC(=O)c1ccccc1N.COC(=O)c1ccccc1N(c1ccc(C(C)(C)C)cc1C(=O)OC)c1ccc(C(C)(C)C)cc1C(=O)OC.COC(=O)c1ccccc1Nc1ccccc1C(=O)OC.Cc1ccc(Br)cc1. The molecule has 0 amide bonds. The van der Waals surface area contributed by atoms with Gasteiger partial charge < -0.3 is 68.6 Å². The fraction of sp³-hybridized carbons (Fsp3) is 0.262. The number of para-hydroxylation sites is 4. The lowest BCUT2D eigenvalue weighted by atomic mass is 9.85. The van der Waals surface area contributed by atoms with Crippen molar-refractivity contribution in [2.24, 2.45) is 0 Å². The predicted molar refractivity (Wildman–Crippen MR) is 530 cm³/mol. The average Bonchev–Trinajstić information content (AvgIpc) is 0.752. The third kappa shape index (κ3) is 31.3. The topological polar surface area (TPSA) is 316 Å². The van der Waals surface area contributed by atoms with Crippen molar-refractivity contribution in [3.8, 4) is 0 Å². The molecule has 130 heavy (non-hydrogen) atoms. The van der Waals surface area contributed by atoms with Crippen LogP contribution in [-0.2, 0) is 69.0 Å². The van der Waals surface area contributed by atoms with Crippen LogP contribution in [0.4, 0.5) is 45.5 Å². The largest absolute Gasteiger partial charge is 0.465 e. The first kappa shape index (κ1) is 108. The van der Waals surface area contributed by atoms with Crippen LogP contribution in [0.25, 0.3) is 0 Å². The number of ether oxygens (including phenoxy) is 10. The fourth-order valence-corrected chi connectivity index (χ4v) is 13.4. The van der Waals surface area contributed by atoms with E-state index in [-0.39, 0.29) is 50.3 Å². The minimum atomic E-state index is -0.563. The number of hydrogen-bond donors (Lipinski definition) is 3. The Hall–Kier alpha value is -12.7. The average molecular weight is 2060 g/mol. The van der Waals surface area contributed by atoms with Crippen molar-refractivity contribution in [3.05, 3.63) is 338 Å². The molecule has 0 aliphatic rings. The Balaban J connectivity index is 0.000000289. The summed E-state index contributed by atoms with van der Waals surface area (Å²) in [6.07, 6.45) is 0. The molecule has 0 saturated carbocycles. The van der Waals surface area contributed by atoms with Crippen molar-refractivity contribution in [2.45, 2.75) is 112 Å². The van der Waals surface area contributed by atoms with Gasteiger partial charge in [-0.3, -0.25) is 0 Å². The highest BCUT2D eigenvalue weighted by Gasteiger charge is 2.32. The van der Waals surface area contributed by atoms with Crippen LogP contribution in [0, 0.1) is 14.1 Å². The number of nitrogens with one attached hydrogen (secondary N) is 2. The number of nitrogens with zero attached hydrogens (tertiary/aromatic N) is 1. The molecular weight excluding hydrogens is 1950 g/mol. The van der Waals surface area contributed by atoms with Crippen LogP contribution in [0.5, 0.6) is 0 Å². The molecule has 11 aromatic rings. The Bertz CT molecular complexity index is 5400. The summed E-state index contributed by atoms with van der Waals surface area (Å²) in [7, 11) is 13.4. The summed E-state index contributed by atoms with van der Waals surface area (Å²) in [5.74, 6) is -4.41. The maximum Gasteiger partial charge on any atom is 0.340 e. The van der Waals surface area contributed by atoms with Crippen LogP contribution in [-0.4, -0.2) is 131 Å². The van der Waals surface area contributed by atoms with Gasteiger partial charge in [0.05, 0.1) is 167 Å². The second kappa shape index (κ2) is 50.9. The van der Waals surface area contributed by atoms with Gasteiger partial charge in [0.15, 0.2) is 0 Å². The quantitative estimate of drug-likeness (QED) is 0.0330. The van der Waals surface area contributed by atoms with Crippen molar-refractivity contribution in [1.82, 2.24) is 0 Å². The summed E-state index contributed by atoms with van der Waals surface area (Å²) in [6, 6.07) is 72.6. The van der Waals surface area contributed by atoms with E-state index < -0.39 is 47.8 Å². The summed E-state index contributed by atoms with van der Waals surface area (Å²) in [6.45, 7) is 26.9. The highest BCUT2D eigenvalue weighted by Crippen LogP contribution is 2.44. The zero-order valence-electron chi connectivity index (χ0n) is 77.4. The Morgan fingerprint density at radius 1 is 0.269 bits per heavy atom. The summed E-state index contributed by atoms with van der Waals surface area (Å²) < 4.78 is 51.5. The Labute approximate surface area is 797 Å². The number of halogens is 3. The second-order valence-electron chi connectivity index (χ2n) is 32.4. The highest BCUT2D eigenvalue weighted by molar-refractivity contribution is 14.1. The van der Waals surface area contributed by atoms with Gasteiger partial charge in [-0.05, 0) is 229 Å². The smallest absolute Gasteiger partial charge is 0.340 e. The lowest BCUT2D eigenvalue weighted by Crippen LogP contribution is -2.22. The lowest BCUT2D eigenvalue weighted by Gasteiger charge is -2.31. The van der Waals surface area contributed by atoms with E-state index >= 15 is 0 Å². The van der Waals surface area contributed by atoms with E-state index in [0.717, 1.165) is 33.9 Å². The number of carbonyl (C=O) groups is 10. The lowest BCUT2D eigenvalue weighted by molar-refractivity contribution is 0.0590. The molecule has 27 heteroatoms. The Morgan fingerprint density at radius 2 is 0.500 bits per heavy atom. The van der Waals surface area contributed by atoms with Crippen LogP contribution in [0.1, 0.15) is 214 Å². The summed E-state index contributed by atoms with van der Waals surface area (Å²) >= 11 is 7.54. The van der Waals surface area contributed by atoms with Crippen LogP contribution < -0.4 is 21.3 Å². The minimum Gasteiger partial charge on any atom is -0.465 e. The first-order valence-electron chi connectivity index (χ1n) is 40.4. The third-order valence-electron chi connectivity index (χ3n) is 19.3. The van der Waals surface area contributed by atoms with Gasteiger partial charge in [-0.25, -0.2) is 47.9 Å². The molecule has 0 atom stereocenters. The van der Waals surface area contributed by atoms with E-state index in [1.54, 1.807) is 138 Å². The van der Waals surface area contributed by atoms with Gasteiger partial charge in [0.25, 0.3) is 0 Å². The molecule has 0 aliphatic carbocycles. The summed E-state index contributed by atoms with van der Waals surface area (Å²) in [4.78, 5) is 122. The van der Waals surface area contributed by atoms with Crippen molar-refractivity contribution in [2.75, 3.05) is 92.4 Å². The molecule has 0 aliphatic heterocycles. The van der Waals surface area contributed by atoms with Gasteiger partial charge in [-0.2, -0.15) is 0 Å². The van der Waals surface area contributed by atoms with Crippen molar-refractivity contribution < 1.29 is 95.3 Å². The highest BCUT2D eigenvalue weighted by atomic mass is 127. The zero-order valence-corrected chi connectivity index (χ0v) is 83.3. The van der Waals surface area contributed by atoms with Crippen molar-refractivity contribution in [1.29, 1.82) is 0 Å². The van der Waals surface area contributed by atoms with E-state index in [1.807, 2.05) is 139 Å². The normalized spacial score (nSPS) is 10.6. The molecule has 0 heterocycles. The van der Waals surface area contributed by atoms with E-state index in [1.165, 1.54) is 76.7 Å². The molecule has 24 nitrogen and oxygen atoms in total. The Kier molecular flexibility index (Phi) is 42.2. The Morgan fingerprint density at radius 3 is 0.815 bits per heavy atom. The molecule has 4 N–H and O–H groups in total. The number of methoxy groups -OCH3 is 10. The number of nitrogens with two attached hydrogens (primary N) is 1. The van der Waals surface area contributed by atoms with Gasteiger partial charge in [-0.1, -0.05) is 214 Å². The molecule has 0 spiro atoms. The van der Waals surface area contributed by atoms with E-state index in [0.29, 0.717) is 84.4 Å². The first-order valence-corrected chi connectivity index (χ1v) is 43.4. The van der Waals surface area contributed by atoms with Crippen LogP contribution >= 0.6 is 61.1 Å². The molecule has 0 unspecified atom stereocenters. The van der Waals surface area contributed by atoms with Gasteiger partial charge in [0.1, 0.15) is 0 Å². The van der Waals surface area contributed by atoms with Crippen molar-refractivity contribution >= 4 is 166 Å². The summed E-state index contributed by atoms with van der Waals surface area (Å²) in [5.41, 5.74) is 18.0. The number of anilines is 8. The number of benzene rings is 11. The number of rotatable bonds is 17. The van der Waals surface area contributed by atoms with Crippen molar-refractivity contribution in [3.63, 3.8) is 0 Å². The molecule has 0 bridgehead atoms. The molecule has 0 aromatic heterocycles. The minimum absolute atomic E-state index is 0.118. The first-order chi connectivity index (χ1) is 61.3. The van der Waals surface area contributed by atoms with Gasteiger partial charge in [0.2, 0.25) is 0 Å². The molecule has 0 radical (unpaired) electrons. The maximum absolute atomic E-state index is 13.2. The number of nitrogen functional groups attached to an aromatic ring is 1. The number of aryl methyl sites for hydroxylation is 1. The van der Waals surface area contributed by atoms with Gasteiger partial charge in [-0.15, -0.1) is 0 Å². The number of hydrogen-bond acceptors (Lipinski definition) is 24. The molecule has 11 rings (SSSR count). The second-order valence-corrected chi connectivity index (χ2v) is 35.7. The zero-order chi connectivity index (χ0) is 97.1. The van der Waals surface area contributed by atoms with Crippen LogP contribution in [0.2, 0.25) is 0 Å². The molecule has 11 aromatic carbocycles. The molecule has 0 fully saturated rings. The van der Waals surface area contributed by atoms with E-state index in [9.17, 15) is 47.9 Å². The molecule has 686 valence electrons. The fourth-order valence-electron chi connectivity index (χ4n) is 11.9. The van der Waals surface area contributed by atoms with Crippen LogP contribution in [0.3, 0.4) is 0 Å². The van der Waals surface area contributed by atoms with Gasteiger partial charge in [0, 0.05) is 17.3 Å². The van der Waals surface area contributed by atoms with Gasteiger partial charge >= 0.3 is 59.7 Å². The standard InChI is InChI=1S/C32H37NO6.C24H31NO4.C16H15NO4.2C8H7IO2.C8H9NO2.C7H7Br/c1-31(2,3)20-14-16-26(23(18-20)29(35)38-8)33(25-13-11-10-12-22(25)28(34)37-7)27-17-15-21(32(4,5)6)19-24(27)30(36)39-9;1-23(2,3)15-9-11-19(17(13-15)21(26)28-7)25-20-12-10-16(24(4,5)6)14-18(20)22(27)29-8;1-20-15(18)11-7-3-5-9-13(11)17-14-10-6-4-8-12(14)16(19)21-2;3*1-11-8(10)6-4-2-3-5-7(6)9;1-6-2-4-7(8)5-3-6/h10-19H,1-9H3;9-14,25H,1-8H3;3-10,17H,1-2H3;2*2-5H,1H3;2-5H,9H2,1H3;2-5H,1H3. The number of carbonyl (C=O) groups excluding carboxylic acids is 10. The molecule has 0 saturated heterocycles. The monoisotopic (exact) mass is 2060 g/mol. The van der Waals surface area contributed by atoms with E-state index in [2.05, 4.69) is 147 Å². The van der Waals surface area contributed by atoms with E-state index in [4.69, 9.17) is 38.9 Å². The number of esters is 10.